The Bertz CT molecular complexity index is 799. The lowest BCUT2D eigenvalue weighted by Crippen LogP contribution is -2.39. The van der Waals surface area contributed by atoms with Crippen molar-refractivity contribution in [2.24, 2.45) is 0 Å². The first-order valence-corrected chi connectivity index (χ1v) is 8.40. The Morgan fingerprint density at radius 1 is 0.846 bits per heavy atom. The number of anilines is 1. The van der Waals surface area contributed by atoms with Crippen molar-refractivity contribution in [2.75, 3.05) is 31.5 Å². The summed E-state index contributed by atoms with van der Waals surface area (Å²) in [4.78, 5) is 28.1. The fourth-order valence-corrected chi connectivity index (χ4v) is 2.86. The molecule has 1 saturated heterocycles. The van der Waals surface area contributed by atoms with Gasteiger partial charge in [-0.1, -0.05) is 18.2 Å². The average Bonchev–Trinajstić information content (AvgIpc) is 2.90. The first-order valence-electron chi connectivity index (χ1n) is 8.40. The normalized spacial score (nSPS) is 14.7. The van der Waals surface area contributed by atoms with Crippen molar-refractivity contribution in [3.05, 3.63) is 65.7 Å². The molecule has 3 amide bonds. The summed E-state index contributed by atoms with van der Waals surface area (Å²) in [5.74, 6) is -2.40. The molecule has 0 unspecified atom stereocenters. The van der Waals surface area contributed by atoms with Gasteiger partial charge in [0.05, 0.1) is 0 Å². The molecule has 0 aliphatic carbocycles. The minimum atomic E-state index is -1.05. The molecule has 5 nitrogen and oxygen atoms in total. The lowest BCUT2D eigenvalue weighted by molar-refractivity contribution is 0.0762. The van der Waals surface area contributed by atoms with Gasteiger partial charge < -0.3 is 15.1 Å². The molecule has 7 heteroatoms. The Labute approximate surface area is 150 Å². The molecule has 1 aliphatic heterocycles. The van der Waals surface area contributed by atoms with Gasteiger partial charge in [-0.25, -0.2) is 13.6 Å². The third kappa shape index (κ3) is 4.17. The van der Waals surface area contributed by atoms with E-state index >= 15 is 0 Å². The Balaban J connectivity index is 1.61. The number of carbonyl (C=O) groups is 2. The van der Waals surface area contributed by atoms with Gasteiger partial charge in [-0.15, -0.1) is 0 Å². The summed E-state index contributed by atoms with van der Waals surface area (Å²) in [6.45, 7) is 1.67. The van der Waals surface area contributed by atoms with Crippen LogP contribution in [0, 0.1) is 11.6 Å². The molecule has 0 saturated carbocycles. The van der Waals surface area contributed by atoms with Crippen molar-refractivity contribution in [2.45, 2.75) is 6.42 Å². The molecule has 2 aromatic rings. The van der Waals surface area contributed by atoms with Crippen LogP contribution in [0.3, 0.4) is 0 Å². The highest BCUT2D eigenvalue weighted by molar-refractivity contribution is 5.94. The van der Waals surface area contributed by atoms with Crippen molar-refractivity contribution in [1.29, 1.82) is 0 Å². The largest absolute Gasteiger partial charge is 0.337 e. The summed E-state index contributed by atoms with van der Waals surface area (Å²) in [6.07, 6.45) is 0.609. The third-order valence-electron chi connectivity index (χ3n) is 4.26. The lowest BCUT2D eigenvalue weighted by Gasteiger charge is -2.22. The Kier molecular flexibility index (Phi) is 5.46. The molecule has 1 fully saturated rings. The average molecular weight is 359 g/mol. The number of rotatable bonds is 2. The number of hydrogen-bond acceptors (Lipinski definition) is 2. The Morgan fingerprint density at radius 2 is 1.54 bits per heavy atom. The third-order valence-corrected chi connectivity index (χ3v) is 4.26. The van der Waals surface area contributed by atoms with Crippen molar-refractivity contribution < 1.29 is 18.4 Å². The fourth-order valence-electron chi connectivity index (χ4n) is 2.86. The summed E-state index contributed by atoms with van der Waals surface area (Å²) < 4.78 is 26.4. The zero-order chi connectivity index (χ0) is 18.5. The predicted molar refractivity (Wildman–Crippen MR) is 93.9 cm³/mol. The van der Waals surface area contributed by atoms with Crippen molar-refractivity contribution in [3.63, 3.8) is 0 Å². The highest BCUT2D eigenvalue weighted by Gasteiger charge is 2.23. The minimum absolute atomic E-state index is 0.103. The van der Waals surface area contributed by atoms with Gasteiger partial charge in [0.1, 0.15) is 0 Å². The van der Waals surface area contributed by atoms with Crippen LogP contribution in [0.1, 0.15) is 16.8 Å². The smallest absolute Gasteiger partial charge is 0.321 e. The van der Waals surface area contributed by atoms with Crippen LogP contribution >= 0.6 is 0 Å². The van der Waals surface area contributed by atoms with Gasteiger partial charge in [0.15, 0.2) is 11.6 Å². The van der Waals surface area contributed by atoms with E-state index in [1.54, 1.807) is 21.9 Å². The summed E-state index contributed by atoms with van der Waals surface area (Å²) in [5, 5.41) is 2.82. The molecule has 0 atom stereocenters. The molecule has 1 N–H and O–H groups in total. The van der Waals surface area contributed by atoms with E-state index in [1.165, 1.54) is 6.07 Å². The van der Waals surface area contributed by atoms with E-state index in [0.717, 1.165) is 12.1 Å². The van der Waals surface area contributed by atoms with Gasteiger partial charge in [0.2, 0.25) is 0 Å². The molecular weight excluding hydrogens is 340 g/mol. The second-order valence-electron chi connectivity index (χ2n) is 6.06. The molecule has 0 bridgehead atoms. The molecule has 1 heterocycles. The molecular formula is C19H19F2N3O2. The summed E-state index contributed by atoms with van der Waals surface area (Å²) in [5.41, 5.74) is 0.808. The topological polar surface area (TPSA) is 52.7 Å². The summed E-state index contributed by atoms with van der Waals surface area (Å²) >= 11 is 0. The number of carbonyl (C=O) groups excluding carboxylic acids is 2. The van der Waals surface area contributed by atoms with E-state index in [0.29, 0.717) is 38.3 Å². The number of urea groups is 1. The predicted octanol–water partition coefficient (Wildman–Crippen LogP) is 3.34. The highest BCUT2D eigenvalue weighted by Crippen LogP contribution is 2.14. The standard InChI is InChI=1S/C19H19F2N3O2/c20-16-8-7-14(13-17(16)21)18(25)23-9-4-10-24(12-11-23)19(26)22-15-5-2-1-3-6-15/h1-3,5-8,13H,4,9-12H2,(H,22,26). The number of amides is 3. The first-order chi connectivity index (χ1) is 12.5. The maximum atomic E-state index is 13.4. The fraction of sp³-hybridized carbons (Fsp3) is 0.263. The molecule has 0 radical (unpaired) electrons. The molecule has 136 valence electrons. The summed E-state index contributed by atoms with van der Waals surface area (Å²) in [6, 6.07) is 12.0. The quantitative estimate of drug-likeness (QED) is 0.894. The second-order valence-corrected chi connectivity index (χ2v) is 6.06. The second kappa shape index (κ2) is 7.95. The Hall–Kier alpha value is -2.96. The number of nitrogens with zero attached hydrogens (tertiary/aromatic N) is 2. The van der Waals surface area contributed by atoms with E-state index in [-0.39, 0.29) is 17.5 Å². The van der Waals surface area contributed by atoms with Gasteiger partial charge in [0.25, 0.3) is 5.91 Å². The van der Waals surface area contributed by atoms with Gasteiger partial charge >= 0.3 is 6.03 Å². The van der Waals surface area contributed by atoms with Crippen molar-refractivity contribution in [1.82, 2.24) is 9.80 Å². The van der Waals surface area contributed by atoms with Gasteiger partial charge in [-0.3, -0.25) is 4.79 Å². The van der Waals surface area contributed by atoms with Crippen LogP contribution in [0.25, 0.3) is 0 Å². The van der Waals surface area contributed by atoms with Gasteiger partial charge in [-0.05, 0) is 36.8 Å². The van der Waals surface area contributed by atoms with Crippen LogP contribution in [0.2, 0.25) is 0 Å². The van der Waals surface area contributed by atoms with Gasteiger partial charge in [-0.2, -0.15) is 0 Å². The van der Waals surface area contributed by atoms with Crippen LogP contribution in [0.4, 0.5) is 19.3 Å². The van der Waals surface area contributed by atoms with Crippen molar-refractivity contribution >= 4 is 17.6 Å². The maximum Gasteiger partial charge on any atom is 0.321 e. The molecule has 0 aromatic heterocycles. The lowest BCUT2D eigenvalue weighted by atomic mass is 10.2. The monoisotopic (exact) mass is 359 g/mol. The van der Waals surface area contributed by atoms with E-state index in [9.17, 15) is 18.4 Å². The number of benzene rings is 2. The maximum absolute atomic E-state index is 13.4. The van der Waals surface area contributed by atoms with Gasteiger partial charge in [0, 0.05) is 37.4 Å². The van der Waals surface area contributed by atoms with Crippen LogP contribution < -0.4 is 5.32 Å². The molecule has 26 heavy (non-hydrogen) atoms. The zero-order valence-corrected chi connectivity index (χ0v) is 14.1. The molecule has 1 aliphatic rings. The zero-order valence-electron chi connectivity index (χ0n) is 14.1. The number of halogens is 2. The molecule has 3 rings (SSSR count). The highest BCUT2D eigenvalue weighted by atomic mass is 19.2. The van der Waals surface area contributed by atoms with E-state index in [1.807, 2.05) is 18.2 Å². The van der Waals surface area contributed by atoms with Crippen LogP contribution in [-0.2, 0) is 0 Å². The van der Waals surface area contributed by atoms with E-state index < -0.39 is 11.6 Å². The number of nitrogens with one attached hydrogen (secondary N) is 1. The van der Waals surface area contributed by atoms with Crippen LogP contribution in [0.15, 0.2) is 48.5 Å². The minimum Gasteiger partial charge on any atom is -0.337 e. The first kappa shape index (κ1) is 17.8. The summed E-state index contributed by atoms with van der Waals surface area (Å²) in [7, 11) is 0. The number of hydrogen-bond donors (Lipinski definition) is 1. The number of para-hydroxylation sites is 1. The SMILES string of the molecule is O=C(Nc1ccccc1)N1CCCN(C(=O)c2ccc(F)c(F)c2)CC1. The van der Waals surface area contributed by atoms with Crippen molar-refractivity contribution in [3.8, 4) is 0 Å². The van der Waals surface area contributed by atoms with E-state index in [2.05, 4.69) is 5.32 Å². The molecule has 0 spiro atoms. The van der Waals surface area contributed by atoms with Crippen LogP contribution in [0.5, 0.6) is 0 Å². The molecule has 2 aromatic carbocycles. The van der Waals surface area contributed by atoms with Crippen LogP contribution in [-0.4, -0.2) is 47.9 Å². The Morgan fingerprint density at radius 3 is 2.27 bits per heavy atom. The van der Waals surface area contributed by atoms with E-state index in [4.69, 9.17) is 0 Å².